The molecule has 0 spiro atoms. The zero-order valence-electron chi connectivity index (χ0n) is 16.5. The van der Waals surface area contributed by atoms with Crippen molar-refractivity contribution < 1.29 is 14.1 Å². The molecule has 8 nitrogen and oxygen atoms in total. The summed E-state index contributed by atoms with van der Waals surface area (Å²) >= 11 is 0. The summed E-state index contributed by atoms with van der Waals surface area (Å²) < 4.78 is 5.36. The number of rotatable bonds is 4. The van der Waals surface area contributed by atoms with Crippen molar-refractivity contribution in [2.45, 2.75) is 32.7 Å². The van der Waals surface area contributed by atoms with E-state index in [1.54, 1.807) is 31.1 Å². The van der Waals surface area contributed by atoms with Crippen molar-refractivity contribution in [3.8, 4) is 11.3 Å². The molecule has 2 amide bonds. The Kier molecular flexibility index (Phi) is 4.84. The van der Waals surface area contributed by atoms with Gasteiger partial charge in [0, 0.05) is 31.4 Å². The Labute approximate surface area is 167 Å². The van der Waals surface area contributed by atoms with Gasteiger partial charge < -0.3 is 14.7 Å². The number of anilines is 1. The largest absolute Gasteiger partial charge is 0.356 e. The normalized spacial score (nSPS) is 15.6. The third kappa shape index (κ3) is 3.73. The van der Waals surface area contributed by atoms with Crippen LogP contribution in [0.4, 0.5) is 5.69 Å². The monoisotopic (exact) mass is 391 g/mol. The number of nitrogens with zero attached hydrogens (tertiary/aromatic N) is 4. The van der Waals surface area contributed by atoms with Crippen molar-refractivity contribution in [3.63, 3.8) is 0 Å². The summed E-state index contributed by atoms with van der Waals surface area (Å²) in [6.07, 6.45) is 1.80. The number of aromatic nitrogens is 3. The number of para-hydroxylation sites is 1. The van der Waals surface area contributed by atoms with E-state index < -0.39 is 5.92 Å². The molecule has 3 heterocycles. The van der Waals surface area contributed by atoms with Crippen LogP contribution in [-0.4, -0.2) is 38.9 Å². The number of hydrogen-bond donors (Lipinski definition) is 1. The lowest BCUT2D eigenvalue weighted by Gasteiger charge is -2.28. The molecule has 0 bridgehead atoms. The fourth-order valence-electron chi connectivity index (χ4n) is 3.53. The summed E-state index contributed by atoms with van der Waals surface area (Å²) in [6.45, 7) is 3.89. The average molecular weight is 391 g/mol. The summed E-state index contributed by atoms with van der Waals surface area (Å²) in [5.74, 6) is 0.335. The molecular weight excluding hydrogens is 370 g/mol. The topological polar surface area (TPSA) is 101 Å². The molecule has 1 aliphatic rings. The van der Waals surface area contributed by atoms with Gasteiger partial charge >= 0.3 is 0 Å². The van der Waals surface area contributed by atoms with E-state index in [0.29, 0.717) is 28.5 Å². The number of amides is 2. The Bertz CT molecular complexity index is 1090. The molecule has 4 rings (SSSR count). The van der Waals surface area contributed by atoms with Gasteiger partial charge in [0.15, 0.2) is 5.76 Å². The number of likely N-dealkylation sites (N-methyl/N-ethyl adjacent to an activating group) is 1. The second-order valence-corrected chi connectivity index (χ2v) is 7.20. The number of hydrogen-bond acceptors (Lipinski definition) is 6. The van der Waals surface area contributed by atoms with Crippen molar-refractivity contribution >= 4 is 17.5 Å². The summed E-state index contributed by atoms with van der Waals surface area (Å²) in [4.78, 5) is 35.7. The Morgan fingerprint density at radius 3 is 2.86 bits per heavy atom. The molecular formula is C21H21N5O3. The van der Waals surface area contributed by atoms with Crippen LogP contribution < -0.4 is 5.32 Å². The smallest absolute Gasteiger partial charge is 0.230 e. The fourth-order valence-corrected chi connectivity index (χ4v) is 3.53. The molecule has 1 N–H and O–H groups in total. The maximum atomic E-state index is 13.2. The Morgan fingerprint density at radius 2 is 2.10 bits per heavy atom. The van der Waals surface area contributed by atoms with Crippen LogP contribution >= 0.6 is 0 Å². The third-order valence-electron chi connectivity index (χ3n) is 4.94. The van der Waals surface area contributed by atoms with Gasteiger partial charge in [0.05, 0.1) is 29.4 Å². The summed E-state index contributed by atoms with van der Waals surface area (Å²) in [6, 6.07) is 9.20. The first-order valence-corrected chi connectivity index (χ1v) is 9.32. The summed E-state index contributed by atoms with van der Waals surface area (Å²) in [5, 5.41) is 6.75. The van der Waals surface area contributed by atoms with Gasteiger partial charge in [-0.2, -0.15) is 0 Å². The quantitative estimate of drug-likeness (QED) is 0.734. The van der Waals surface area contributed by atoms with E-state index >= 15 is 0 Å². The van der Waals surface area contributed by atoms with Crippen LogP contribution in [0.2, 0.25) is 0 Å². The molecule has 1 atom stereocenters. The van der Waals surface area contributed by atoms with E-state index in [4.69, 9.17) is 4.52 Å². The highest BCUT2D eigenvalue weighted by Gasteiger charge is 2.32. The molecule has 2 aromatic heterocycles. The molecule has 29 heavy (non-hydrogen) atoms. The molecule has 0 aliphatic carbocycles. The molecule has 1 aliphatic heterocycles. The second kappa shape index (κ2) is 7.46. The lowest BCUT2D eigenvalue weighted by molar-refractivity contribution is -0.134. The standard InChI is InChI=1S/C21H21N5O3/c1-12-8-19(29-25-12)16-10-22-13(2)23-18(16)11-26(3)21(28)15-9-20(27)24-17-7-5-4-6-14(15)17/h4-8,10,15H,9,11H2,1-3H3,(H,24,27)/t15-/m0/s1. The number of carbonyl (C=O) groups excluding carboxylic acids is 2. The van der Waals surface area contributed by atoms with Gasteiger partial charge in [-0.25, -0.2) is 9.97 Å². The van der Waals surface area contributed by atoms with E-state index in [2.05, 4.69) is 20.4 Å². The van der Waals surface area contributed by atoms with Crippen molar-refractivity contribution in [3.05, 3.63) is 59.3 Å². The first-order chi connectivity index (χ1) is 13.9. The Balaban J connectivity index is 1.62. The fraction of sp³-hybridized carbons (Fsp3) is 0.286. The van der Waals surface area contributed by atoms with Gasteiger partial charge in [0.1, 0.15) is 5.82 Å². The predicted octanol–water partition coefficient (Wildman–Crippen LogP) is 2.83. The van der Waals surface area contributed by atoms with Crippen molar-refractivity contribution in [2.75, 3.05) is 12.4 Å². The van der Waals surface area contributed by atoms with E-state index in [1.165, 1.54) is 0 Å². The molecule has 0 fully saturated rings. The molecule has 8 heteroatoms. The number of nitrogens with one attached hydrogen (secondary N) is 1. The summed E-state index contributed by atoms with van der Waals surface area (Å²) in [5.41, 5.74) is 3.62. The van der Waals surface area contributed by atoms with Crippen LogP contribution in [0.1, 0.15) is 35.1 Å². The molecule has 0 unspecified atom stereocenters. The van der Waals surface area contributed by atoms with Gasteiger partial charge in [0.2, 0.25) is 11.8 Å². The van der Waals surface area contributed by atoms with E-state index in [0.717, 1.165) is 11.3 Å². The highest BCUT2D eigenvalue weighted by atomic mass is 16.5. The molecule has 148 valence electrons. The van der Waals surface area contributed by atoms with E-state index in [9.17, 15) is 9.59 Å². The maximum Gasteiger partial charge on any atom is 0.230 e. The minimum absolute atomic E-state index is 0.122. The average Bonchev–Trinajstić information content (AvgIpc) is 3.12. The van der Waals surface area contributed by atoms with Gasteiger partial charge in [0.25, 0.3) is 0 Å². The molecule has 0 radical (unpaired) electrons. The first kappa shape index (κ1) is 18.8. The van der Waals surface area contributed by atoms with Crippen LogP contribution in [0.15, 0.2) is 41.1 Å². The summed E-state index contributed by atoms with van der Waals surface area (Å²) in [7, 11) is 1.71. The number of benzene rings is 1. The minimum Gasteiger partial charge on any atom is -0.356 e. The molecule has 0 saturated carbocycles. The molecule has 1 aromatic carbocycles. The van der Waals surface area contributed by atoms with Crippen molar-refractivity contribution in [1.82, 2.24) is 20.0 Å². The Morgan fingerprint density at radius 1 is 1.31 bits per heavy atom. The van der Waals surface area contributed by atoms with E-state index in [-0.39, 0.29) is 24.8 Å². The first-order valence-electron chi connectivity index (χ1n) is 9.32. The maximum absolute atomic E-state index is 13.2. The zero-order chi connectivity index (χ0) is 20.5. The van der Waals surface area contributed by atoms with Crippen molar-refractivity contribution in [1.29, 1.82) is 0 Å². The van der Waals surface area contributed by atoms with Gasteiger partial charge in [-0.1, -0.05) is 23.4 Å². The van der Waals surface area contributed by atoms with Gasteiger partial charge in [-0.05, 0) is 25.5 Å². The minimum atomic E-state index is -0.524. The highest BCUT2D eigenvalue weighted by molar-refractivity contribution is 6.01. The SMILES string of the molecule is Cc1cc(-c2cnc(C)nc2CN(C)C(=O)[C@H]2CC(=O)Nc3ccccc32)on1. The van der Waals surface area contributed by atoms with E-state index in [1.807, 2.05) is 31.2 Å². The molecule has 0 saturated heterocycles. The van der Waals surface area contributed by atoms with Crippen LogP contribution in [0.25, 0.3) is 11.3 Å². The lowest BCUT2D eigenvalue weighted by Crippen LogP contribution is -2.36. The van der Waals surface area contributed by atoms with Gasteiger partial charge in [-0.15, -0.1) is 0 Å². The number of aryl methyl sites for hydroxylation is 2. The van der Waals surface area contributed by atoms with Crippen LogP contribution in [0, 0.1) is 13.8 Å². The van der Waals surface area contributed by atoms with Crippen molar-refractivity contribution in [2.24, 2.45) is 0 Å². The highest BCUT2D eigenvalue weighted by Crippen LogP contribution is 2.33. The number of fused-ring (bicyclic) bond motifs is 1. The van der Waals surface area contributed by atoms with Crippen LogP contribution in [0.3, 0.4) is 0 Å². The van der Waals surface area contributed by atoms with Gasteiger partial charge in [-0.3, -0.25) is 9.59 Å². The third-order valence-corrected chi connectivity index (χ3v) is 4.94. The predicted molar refractivity (Wildman–Crippen MR) is 106 cm³/mol. The second-order valence-electron chi connectivity index (χ2n) is 7.20. The lowest BCUT2D eigenvalue weighted by atomic mass is 9.89. The Hall–Kier alpha value is -3.55. The zero-order valence-corrected chi connectivity index (χ0v) is 16.5. The number of carbonyl (C=O) groups is 2. The van der Waals surface area contributed by atoms with Crippen LogP contribution in [0.5, 0.6) is 0 Å². The molecule has 3 aromatic rings. The van der Waals surface area contributed by atoms with Crippen LogP contribution in [-0.2, 0) is 16.1 Å².